The van der Waals surface area contributed by atoms with Gasteiger partial charge in [-0.2, -0.15) is 0 Å². The lowest BCUT2D eigenvalue weighted by Gasteiger charge is -2.37. The standard InChI is InChI=1S/C20H31N3O2/c1-14-7-5-6-8-16(14)18(20(2,3)4)22-19(25)23-11-9-15(10-12-23)13-17(21)24/h5-8,15,18H,9-13H2,1-4H3,(H2,21,24)(H,22,25). The SMILES string of the molecule is Cc1ccccc1C(NC(=O)N1CCC(CC(N)=O)CC1)C(C)(C)C. The van der Waals surface area contributed by atoms with Gasteiger partial charge in [-0.05, 0) is 42.2 Å². The summed E-state index contributed by atoms with van der Waals surface area (Å²) in [5, 5.41) is 3.23. The van der Waals surface area contributed by atoms with Gasteiger partial charge in [0.15, 0.2) is 0 Å². The number of piperidine rings is 1. The van der Waals surface area contributed by atoms with Crippen LogP contribution in [-0.2, 0) is 4.79 Å². The van der Waals surface area contributed by atoms with Gasteiger partial charge in [0.2, 0.25) is 5.91 Å². The Kier molecular flexibility index (Phi) is 6.09. The molecule has 3 amide bonds. The second-order valence-corrected chi connectivity index (χ2v) is 8.21. The Morgan fingerprint density at radius 2 is 1.84 bits per heavy atom. The zero-order valence-corrected chi connectivity index (χ0v) is 15.8. The van der Waals surface area contributed by atoms with Gasteiger partial charge in [-0.15, -0.1) is 0 Å². The first-order valence-electron chi connectivity index (χ1n) is 9.07. The summed E-state index contributed by atoms with van der Waals surface area (Å²) in [4.78, 5) is 25.7. The van der Waals surface area contributed by atoms with Gasteiger partial charge >= 0.3 is 6.03 Å². The molecule has 0 bridgehead atoms. The summed E-state index contributed by atoms with van der Waals surface area (Å²) in [6, 6.07) is 8.12. The van der Waals surface area contributed by atoms with Crippen LogP contribution in [0, 0.1) is 18.3 Å². The van der Waals surface area contributed by atoms with Crippen LogP contribution in [0.2, 0.25) is 0 Å². The van der Waals surface area contributed by atoms with Gasteiger partial charge in [-0.3, -0.25) is 4.79 Å². The molecule has 5 nitrogen and oxygen atoms in total. The molecule has 0 saturated carbocycles. The lowest BCUT2D eigenvalue weighted by Crippen LogP contribution is -2.48. The zero-order chi connectivity index (χ0) is 18.6. The van der Waals surface area contributed by atoms with Gasteiger partial charge in [0.05, 0.1) is 6.04 Å². The van der Waals surface area contributed by atoms with Gasteiger partial charge in [0.1, 0.15) is 0 Å². The van der Waals surface area contributed by atoms with Crippen LogP contribution in [0.3, 0.4) is 0 Å². The van der Waals surface area contributed by atoms with E-state index >= 15 is 0 Å². The maximum atomic E-state index is 12.8. The van der Waals surface area contributed by atoms with Gasteiger partial charge in [0.25, 0.3) is 0 Å². The number of hydrogen-bond acceptors (Lipinski definition) is 2. The van der Waals surface area contributed by atoms with Gasteiger partial charge < -0.3 is 16.0 Å². The van der Waals surface area contributed by atoms with Crippen molar-refractivity contribution in [1.29, 1.82) is 0 Å². The summed E-state index contributed by atoms with van der Waals surface area (Å²) in [6.45, 7) is 9.86. The molecular formula is C20H31N3O2. The Bertz CT molecular complexity index is 614. The van der Waals surface area contributed by atoms with E-state index in [1.165, 1.54) is 5.56 Å². The summed E-state index contributed by atoms with van der Waals surface area (Å²) >= 11 is 0. The van der Waals surface area contributed by atoms with E-state index in [2.05, 4.69) is 45.1 Å². The minimum atomic E-state index is -0.254. The molecule has 1 heterocycles. The Hall–Kier alpha value is -2.04. The highest BCUT2D eigenvalue weighted by Gasteiger charge is 2.31. The van der Waals surface area contributed by atoms with E-state index < -0.39 is 0 Å². The first-order valence-corrected chi connectivity index (χ1v) is 9.07. The molecule has 2 rings (SSSR count). The molecule has 1 aliphatic heterocycles. The molecule has 0 aliphatic carbocycles. The van der Waals surface area contributed by atoms with Crippen LogP contribution >= 0.6 is 0 Å². The molecule has 0 radical (unpaired) electrons. The number of carbonyl (C=O) groups is 2. The molecule has 0 aromatic heterocycles. The number of aryl methyl sites for hydroxylation is 1. The number of carbonyl (C=O) groups excluding carboxylic acids is 2. The number of primary amides is 1. The molecule has 25 heavy (non-hydrogen) atoms. The third-order valence-corrected chi connectivity index (χ3v) is 5.02. The third kappa shape index (κ3) is 5.21. The summed E-state index contributed by atoms with van der Waals surface area (Å²) in [6.07, 6.45) is 2.09. The van der Waals surface area contributed by atoms with Crippen LogP contribution in [0.15, 0.2) is 24.3 Å². The number of amides is 3. The average molecular weight is 345 g/mol. The molecule has 138 valence electrons. The summed E-state index contributed by atoms with van der Waals surface area (Å²) < 4.78 is 0. The fourth-order valence-corrected chi connectivity index (χ4v) is 3.51. The number of hydrogen-bond donors (Lipinski definition) is 2. The van der Waals surface area contributed by atoms with Crippen molar-refractivity contribution in [3.8, 4) is 0 Å². The van der Waals surface area contributed by atoms with Crippen molar-refractivity contribution in [1.82, 2.24) is 10.2 Å². The number of likely N-dealkylation sites (tertiary alicyclic amines) is 1. The van der Waals surface area contributed by atoms with Crippen LogP contribution in [0.25, 0.3) is 0 Å². The lowest BCUT2D eigenvalue weighted by atomic mass is 9.81. The minimum absolute atomic E-state index is 0.0271. The molecule has 1 aliphatic rings. The van der Waals surface area contributed by atoms with Crippen LogP contribution in [0.5, 0.6) is 0 Å². The molecule has 5 heteroatoms. The van der Waals surface area contributed by atoms with Gasteiger partial charge in [-0.1, -0.05) is 45.0 Å². The number of nitrogens with zero attached hydrogens (tertiary/aromatic N) is 1. The lowest BCUT2D eigenvalue weighted by molar-refractivity contribution is -0.119. The van der Waals surface area contributed by atoms with Gasteiger partial charge in [0, 0.05) is 19.5 Å². The van der Waals surface area contributed by atoms with Crippen molar-refractivity contribution in [3.63, 3.8) is 0 Å². The normalized spacial score (nSPS) is 17.2. The molecule has 1 unspecified atom stereocenters. The molecular weight excluding hydrogens is 314 g/mol. The first-order chi connectivity index (χ1) is 11.7. The maximum Gasteiger partial charge on any atom is 0.317 e. The van der Waals surface area contributed by atoms with Crippen LogP contribution in [0.1, 0.15) is 57.2 Å². The van der Waals surface area contributed by atoms with E-state index in [0.717, 1.165) is 18.4 Å². The van der Waals surface area contributed by atoms with Gasteiger partial charge in [-0.25, -0.2) is 4.79 Å². The van der Waals surface area contributed by atoms with Crippen molar-refractivity contribution in [2.45, 2.75) is 53.0 Å². The fraction of sp³-hybridized carbons (Fsp3) is 0.600. The minimum Gasteiger partial charge on any atom is -0.370 e. The topological polar surface area (TPSA) is 75.4 Å². The highest BCUT2D eigenvalue weighted by molar-refractivity contribution is 5.75. The Balaban J connectivity index is 2.04. The molecule has 1 aromatic carbocycles. The van der Waals surface area contributed by atoms with E-state index in [0.29, 0.717) is 25.4 Å². The Morgan fingerprint density at radius 3 is 2.36 bits per heavy atom. The number of nitrogens with one attached hydrogen (secondary N) is 1. The Morgan fingerprint density at radius 1 is 1.24 bits per heavy atom. The van der Waals surface area contributed by atoms with Crippen molar-refractivity contribution >= 4 is 11.9 Å². The second-order valence-electron chi connectivity index (χ2n) is 8.21. The predicted molar refractivity (Wildman–Crippen MR) is 100 cm³/mol. The zero-order valence-electron chi connectivity index (χ0n) is 15.8. The third-order valence-electron chi connectivity index (χ3n) is 5.02. The molecule has 1 saturated heterocycles. The van der Waals surface area contributed by atoms with E-state index in [1.807, 2.05) is 17.0 Å². The molecule has 0 spiro atoms. The largest absolute Gasteiger partial charge is 0.370 e. The van der Waals surface area contributed by atoms with E-state index in [9.17, 15) is 9.59 Å². The van der Waals surface area contributed by atoms with Crippen molar-refractivity contribution < 1.29 is 9.59 Å². The first kappa shape index (κ1) is 19.3. The van der Waals surface area contributed by atoms with Crippen LogP contribution < -0.4 is 11.1 Å². The van der Waals surface area contributed by atoms with Crippen LogP contribution in [0.4, 0.5) is 4.79 Å². The summed E-state index contributed by atoms with van der Waals surface area (Å²) in [5.41, 5.74) is 7.53. The average Bonchev–Trinajstić information content (AvgIpc) is 2.52. The summed E-state index contributed by atoms with van der Waals surface area (Å²) in [5.74, 6) is 0.0478. The number of benzene rings is 1. The predicted octanol–water partition coefficient (Wildman–Crippen LogP) is 3.38. The van der Waals surface area contributed by atoms with Crippen molar-refractivity contribution in [3.05, 3.63) is 35.4 Å². The number of rotatable bonds is 4. The Labute approximate surface area is 151 Å². The quantitative estimate of drug-likeness (QED) is 0.878. The maximum absolute atomic E-state index is 12.8. The molecule has 1 aromatic rings. The van der Waals surface area contributed by atoms with E-state index in [4.69, 9.17) is 5.73 Å². The van der Waals surface area contributed by atoms with Crippen molar-refractivity contribution in [2.24, 2.45) is 17.1 Å². The molecule has 1 atom stereocenters. The highest BCUT2D eigenvalue weighted by atomic mass is 16.2. The van der Waals surface area contributed by atoms with Crippen molar-refractivity contribution in [2.75, 3.05) is 13.1 Å². The number of nitrogens with two attached hydrogens (primary N) is 1. The fourth-order valence-electron chi connectivity index (χ4n) is 3.51. The smallest absolute Gasteiger partial charge is 0.317 e. The van der Waals surface area contributed by atoms with E-state index in [1.54, 1.807) is 0 Å². The molecule has 1 fully saturated rings. The van der Waals surface area contributed by atoms with E-state index in [-0.39, 0.29) is 23.4 Å². The molecule has 3 N–H and O–H groups in total. The summed E-state index contributed by atoms with van der Waals surface area (Å²) in [7, 11) is 0. The second kappa shape index (κ2) is 7.89. The monoisotopic (exact) mass is 345 g/mol. The van der Waals surface area contributed by atoms with Crippen LogP contribution in [-0.4, -0.2) is 29.9 Å². The highest BCUT2D eigenvalue weighted by Crippen LogP contribution is 2.34. The number of urea groups is 1.